The zero-order chi connectivity index (χ0) is 40.6. The number of aromatic amines is 1. The number of hydrogen-bond donors (Lipinski definition) is 3. The van der Waals surface area contributed by atoms with Gasteiger partial charge >= 0.3 is 0 Å². The number of aryl methyl sites for hydroxylation is 1. The minimum Gasteiger partial charge on any atom is -0.368 e. The van der Waals surface area contributed by atoms with E-state index in [1.54, 1.807) is 0 Å². The van der Waals surface area contributed by atoms with E-state index in [-0.39, 0.29) is 40.9 Å². The van der Waals surface area contributed by atoms with Crippen molar-refractivity contribution in [2.24, 2.45) is 0 Å². The zero-order valence-electron chi connectivity index (χ0n) is 33.5. The summed E-state index contributed by atoms with van der Waals surface area (Å²) in [6, 6.07) is 20.4. The summed E-state index contributed by atoms with van der Waals surface area (Å²) in [7, 11) is 0. The number of piperazine rings is 1. The van der Waals surface area contributed by atoms with Crippen molar-refractivity contribution in [3.05, 3.63) is 107 Å². The molecule has 2 saturated heterocycles. The van der Waals surface area contributed by atoms with E-state index in [1.165, 1.54) is 5.56 Å². The van der Waals surface area contributed by atoms with Crippen molar-refractivity contribution in [2.75, 3.05) is 37.6 Å². The van der Waals surface area contributed by atoms with E-state index in [2.05, 4.69) is 82.2 Å². The maximum absolute atomic E-state index is 12.9. The fourth-order valence-corrected chi connectivity index (χ4v) is 7.73. The molecule has 0 bridgehead atoms. The molecule has 14 heteroatoms. The lowest BCUT2D eigenvalue weighted by Gasteiger charge is -2.36. The third-order valence-corrected chi connectivity index (χ3v) is 11.2. The molecule has 2 aliphatic heterocycles. The molecule has 2 aromatic carbocycles. The van der Waals surface area contributed by atoms with Crippen LogP contribution in [0.3, 0.4) is 0 Å². The van der Waals surface area contributed by atoms with Crippen LogP contribution in [-0.4, -0.2) is 85.7 Å². The number of carbonyl (C=O) groups is 3. The number of H-pyrrole nitrogens is 1. The fraction of sp³-hybridized carbons (Fsp3) is 0.364. The third-order valence-electron chi connectivity index (χ3n) is 11.2. The summed E-state index contributed by atoms with van der Waals surface area (Å²) in [6.45, 7) is 14.5. The van der Waals surface area contributed by atoms with Gasteiger partial charge in [0.05, 0.1) is 35.2 Å². The lowest BCUT2D eigenvalue weighted by Crippen LogP contribution is -2.47. The number of piperidine rings is 1. The van der Waals surface area contributed by atoms with Gasteiger partial charge in [0.15, 0.2) is 5.65 Å². The van der Waals surface area contributed by atoms with Crippen LogP contribution in [-0.2, 0) is 21.4 Å². The number of rotatable bonds is 10. The van der Waals surface area contributed by atoms with E-state index in [9.17, 15) is 14.4 Å². The topological polar surface area (TPSA) is 175 Å². The first-order valence-corrected chi connectivity index (χ1v) is 19.9. The van der Waals surface area contributed by atoms with Gasteiger partial charge in [-0.05, 0) is 73.2 Å². The Kier molecular flexibility index (Phi) is 10.6. The second-order valence-corrected chi connectivity index (χ2v) is 16.4. The molecule has 0 radical (unpaired) electrons. The Balaban J connectivity index is 0.865. The van der Waals surface area contributed by atoms with Crippen LogP contribution in [0.1, 0.15) is 91.3 Å². The molecule has 2 fully saturated rings. The Morgan fingerprint density at radius 3 is 2.45 bits per heavy atom. The molecule has 3 N–H and O–H groups in total. The van der Waals surface area contributed by atoms with Gasteiger partial charge in [0.2, 0.25) is 17.7 Å². The van der Waals surface area contributed by atoms with Gasteiger partial charge in [-0.3, -0.25) is 34.7 Å². The van der Waals surface area contributed by atoms with Crippen LogP contribution in [0.5, 0.6) is 0 Å². The van der Waals surface area contributed by atoms with Crippen molar-refractivity contribution >= 4 is 34.4 Å². The molecule has 4 aromatic heterocycles. The average Bonchev–Trinajstić information content (AvgIpc) is 3.89. The lowest BCUT2D eigenvalue weighted by atomic mass is 9.90. The zero-order valence-corrected chi connectivity index (χ0v) is 33.5. The van der Waals surface area contributed by atoms with Gasteiger partial charge in [-0.2, -0.15) is 10.1 Å². The lowest BCUT2D eigenvalue weighted by molar-refractivity contribution is -0.134. The summed E-state index contributed by atoms with van der Waals surface area (Å²) in [5.41, 5.74) is 9.11. The first kappa shape index (κ1) is 38.6. The van der Waals surface area contributed by atoms with Gasteiger partial charge < -0.3 is 14.7 Å². The van der Waals surface area contributed by atoms with Crippen LogP contribution in [0.15, 0.2) is 77.6 Å². The van der Waals surface area contributed by atoms with Crippen LogP contribution >= 0.6 is 0 Å². The van der Waals surface area contributed by atoms with Crippen LogP contribution in [0.2, 0.25) is 0 Å². The molecule has 0 spiro atoms. The van der Waals surface area contributed by atoms with Gasteiger partial charge in [-0.1, -0.05) is 62.3 Å². The number of nitrogens with one attached hydrogen (secondary N) is 3. The summed E-state index contributed by atoms with van der Waals surface area (Å²) in [4.78, 5) is 55.3. The predicted molar refractivity (Wildman–Crippen MR) is 220 cm³/mol. The number of carbonyl (C=O) groups excluding carboxylic acids is 3. The standard InChI is InChI=1S/C44H48N10O4/c1-26-22-30(10-12-33(26)27(2)47-42(57)40-49-43(58-52-40)44(3,4)5)38-35-23-31(24-46-39(35)51-50-38)36-14-11-32(25-45-36)54-20-18-53(19-21-54)17-16-28-6-8-29(9-7-28)34-13-15-37(55)48-41(34)56/h6-12,14,22-25,27,34H,13,15-21H2,1-5H3,(H,47,57)(H,46,50,51)(H,48,55,56)/t27-,34?/m1/s1. The molecule has 2 atom stereocenters. The first-order valence-electron chi connectivity index (χ1n) is 19.9. The van der Waals surface area contributed by atoms with Crippen molar-refractivity contribution in [1.29, 1.82) is 0 Å². The van der Waals surface area contributed by atoms with Gasteiger partial charge in [0.25, 0.3) is 11.7 Å². The number of anilines is 1. The number of hydrogen-bond acceptors (Lipinski definition) is 11. The average molecular weight is 781 g/mol. The van der Waals surface area contributed by atoms with Crippen molar-refractivity contribution < 1.29 is 18.9 Å². The SMILES string of the molecule is Cc1cc(-c2[nH]nc3ncc(-c4ccc(N5CCN(CCc6ccc(C7CCC(=O)NC7=O)cc6)CC5)cn4)cc23)ccc1[C@@H](C)NC(=O)c1noc(C(C)(C)C)n1. The maximum atomic E-state index is 12.9. The van der Waals surface area contributed by atoms with E-state index in [4.69, 9.17) is 9.51 Å². The van der Waals surface area contributed by atoms with Crippen LogP contribution in [0.4, 0.5) is 5.69 Å². The normalized spacial score (nSPS) is 17.1. The molecule has 2 aliphatic rings. The van der Waals surface area contributed by atoms with E-state index in [0.717, 1.165) is 89.4 Å². The quantitative estimate of drug-likeness (QED) is 0.138. The molecule has 0 saturated carbocycles. The molecule has 6 heterocycles. The molecule has 58 heavy (non-hydrogen) atoms. The number of aromatic nitrogens is 6. The Morgan fingerprint density at radius 2 is 1.76 bits per heavy atom. The largest absolute Gasteiger partial charge is 0.368 e. The van der Waals surface area contributed by atoms with Crippen molar-refractivity contribution in [1.82, 2.24) is 45.8 Å². The Labute approximate surface area is 336 Å². The highest BCUT2D eigenvalue weighted by Crippen LogP contribution is 2.32. The summed E-state index contributed by atoms with van der Waals surface area (Å²) in [5, 5.41) is 17.9. The van der Waals surface area contributed by atoms with E-state index in [1.807, 2.05) is 71.3 Å². The summed E-state index contributed by atoms with van der Waals surface area (Å²) in [6.07, 6.45) is 5.65. The van der Waals surface area contributed by atoms with Gasteiger partial charge in [-0.25, -0.2) is 4.98 Å². The van der Waals surface area contributed by atoms with E-state index >= 15 is 0 Å². The molecular weight excluding hydrogens is 733 g/mol. The predicted octanol–water partition coefficient (Wildman–Crippen LogP) is 6.05. The summed E-state index contributed by atoms with van der Waals surface area (Å²) < 4.78 is 5.30. The molecule has 3 amide bonds. The number of nitrogens with zero attached hydrogens (tertiary/aromatic N) is 7. The van der Waals surface area contributed by atoms with Crippen molar-refractivity contribution in [2.45, 2.75) is 71.3 Å². The van der Waals surface area contributed by atoms with E-state index in [0.29, 0.717) is 24.4 Å². The monoisotopic (exact) mass is 780 g/mol. The second-order valence-electron chi connectivity index (χ2n) is 16.4. The molecule has 1 unspecified atom stereocenters. The van der Waals surface area contributed by atoms with Crippen LogP contribution in [0, 0.1) is 6.92 Å². The van der Waals surface area contributed by atoms with E-state index < -0.39 is 0 Å². The number of benzene rings is 2. The maximum Gasteiger partial charge on any atom is 0.293 e. The fourth-order valence-electron chi connectivity index (χ4n) is 7.73. The Bertz CT molecular complexity index is 2460. The first-order chi connectivity index (χ1) is 27.9. The molecular formula is C44H48N10O4. The van der Waals surface area contributed by atoms with Crippen LogP contribution in [0.25, 0.3) is 33.5 Å². The molecule has 298 valence electrons. The highest BCUT2D eigenvalue weighted by molar-refractivity contribution is 6.01. The smallest absolute Gasteiger partial charge is 0.293 e. The van der Waals surface area contributed by atoms with Gasteiger partial charge in [0, 0.05) is 67.3 Å². The number of fused-ring (bicyclic) bond motifs is 1. The number of imide groups is 1. The van der Waals surface area contributed by atoms with Crippen LogP contribution < -0.4 is 15.5 Å². The molecule has 14 nitrogen and oxygen atoms in total. The van der Waals surface area contributed by atoms with Crippen molar-refractivity contribution in [3.63, 3.8) is 0 Å². The third kappa shape index (κ3) is 8.23. The summed E-state index contributed by atoms with van der Waals surface area (Å²) in [5.74, 6) is -0.593. The summed E-state index contributed by atoms with van der Waals surface area (Å²) >= 11 is 0. The Morgan fingerprint density at radius 1 is 0.966 bits per heavy atom. The number of pyridine rings is 2. The number of amides is 3. The molecule has 8 rings (SSSR count). The van der Waals surface area contributed by atoms with Gasteiger partial charge in [0.1, 0.15) is 0 Å². The van der Waals surface area contributed by atoms with Crippen molar-refractivity contribution in [3.8, 4) is 22.5 Å². The minimum absolute atomic E-state index is 0.0166. The van der Waals surface area contributed by atoms with Gasteiger partial charge in [-0.15, -0.1) is 0 Å². The molecule has 0 aliphatic carbocycles. The molecule has 6 aromatic rings. The minimum atomic E-state index is -0.390. The highest BCUT2D eigenvalue weighted by Gasteiger charge is 2.28. The second kappa shape index (κ2) is 15.9. The Hall–Kier alpha value is -6.28. The highest BCUT2D eigenvalue weighted by atomic mass is 16.5.